The SMILES string of the molecule is CCN(C(=O)C=Cc1cc(OC)c2c(c1)OCCO2)c1c(N)n(Cc2ccccc2)c(=O)[nH]c1=O. The summed E-state index contributed by atoms with van der Waals surface area (Å²) < 4.78 is 17.8. The number of aromatic amines is 1. The monoisotopic (exact) mass is 478 g/mol. The van der Waals surface area contributed by atoms with Crippen molar-refractivity contribution in [1.82, 2.24) is 9.55 Å². The Morgan fingerprint density at radius 3 is 2.66 bits per heavy atom. The van der Waals surface area contributed by atoms with E-state index in [2.05, 4.69) is 4.98 Å². The van der Waals surface area contributed by atoms with E-state index < -0.39 is 17.2 Å². The van der Waals surface area contributed by atoms with E-state index in [1.807, 2.05) is 30.3 Å². The predicted molar refractivity (Wildman–Crippen MR) is 132 cm³/mol. The Kier molecular flexibility index (Phi) is 6.91. The van der Waals surface area contributed by atoms with Crippen LogP contribution in [0, 0.1) is 0 Å². The van der Waals surface area contributed by atoms with Crippen LogP contribution in [0.5, 0.6) is 17.2 Å². The van der Waals surface area contributed by atoms with Crippen LogP contribution >= 0.6 is 0 Å². The summed E-state index contributed by atoms with van der Waals surface area (Å²) >= 11 is 0. The summed E-state index contributed by atoms with van der Waals surface area (Å²) in [5.74, 6) is 0.937. The molecule has 2 aromatic carbocycles. The molecule has 1 aromatic heterocycles. The molecular weight excluding hydrogens is 452 g/mol. The smallest absolute Gasteiger partial charge is 0.330 e. The number of fused-ring (bicyclic) bond motifs is 1. The summed E-state index contributed by atoms with van der Waals surface area (Å²) in [4.78, 5) is 41.7. The van der Waals surface area contributed by atoms with E-state index in [0.717, 1.165) is 5.56 Å². The van der Waals surface area contributed by atoms with Crippen LogP contribution in [0.4, 0.5) is 11.5 Å². The van der Waals surface area contributed by atoms with Crippen LogP contribution < -0.4 is 36.1 Å². The third-order valence-electron chi connectivity index (χ3n) is 5.52. The molecule has 10 heteroatoms. The molecule has 0 saturated heterocycles. The fraction of sp³-hybridized carbons (Fsp3) is 0.240. The van der Waals surface area contributed by atoms with Crippen molar-refractivity contribution in [2.24, 2.45) is 0 Å². The van der Waals surface area contributed by atoms with Crippen LogP contribution in [0.1, 0.15) is 18.1 Å². The zero-order valence-corrected chi connectivity index (χ0v) is 19.4. The first kappa shape index (κ1) is 23.7. The highest BCUT2D eigenvalue weighted by molar-refractivity contribution is 6.05. The van der Waals surface area contributed by atoms with E-state index >= 15 is 0 Å². The largest absolute Gasteiger partial charge is 0.493 e. The fourth-order valence-electron chi connectivity index (χ4n) is 3.83. The highest BCUT2D eigenvalue weighted by atomic mass is 16.6. The van der Waals surface area contributed by atoms with Crippen molar-refractivity contribution >= 4 is 23.5 Å². The van der Waals surface area contributed by atoms with Crippen LogP contribution in [0.15, 0.2) is 58.1 Å². The van der Waals surface area contributed by atoms with Gasteiger partial charge in [0.1, 0.15) is 19.0 Å². The number of hydrogen-bond acceptors (Lipinski definition) is 7. The average Bonchev–Trinajstić information content (AvgIpc) is 2.87. The number of carbonyl (C=O) groups excluding carboxylic acids is 1. The molecule has 1 aliphatic heterocycles. The van der Waals surface area contributed by atoms with Crippen LogP contribution in [0.2, 0.25) is 0 Å². The first-order valence-electron chi connectivity index (χ1n) is 11.1. The molecular formula is C25H26N4O6. The molecule has 0 radical (unpaired) electrons. The molecule has 182 valence electrons. The van der Waals surface area contributed by atoms with E-state index in [4.69, 9.17) is 19.9 Å². The minimum absolute atomic E-state index is 0.0857. The number of aromatic nitrogens is 2. The summed E-state index contributed by atoms with van der Waals surface area (Å²) in [6.45, 7) is 2.85. The van der Waals surface area contributed by atoms with Gasteiger partial charge in [-0.3, -0.25) is 19.1 Å². The van der Waals surface area contributed by atoms with Crippen LogP contribution in [-0.4, -0.2) is 42.3 Å². The summed E-state index contributed by atoms with van der Waals surface area (Å²) in [5, 5.41) is 0. The Labute approximate surface area is 201 Å². The van der Waals surface area contributed by atoms with Gasteiger partial charge in [-0.25, -0.2) is 4.79 Å². The molecule has 3 N–H and O–H groups in total. The minimum atomic E-state index is -0.735. The highest BCUT2D eigenvalue weighted by Crippen LogP contribution is 2.40. The van der Waals surface area contributed by atoms with E-state index in [9.17, 15) is 14.4 Å². The molecule has 0 spiro atoms. The normalized spacial score (nSPS) is 12.5. The Morgan fingerprint density at radius 2 is 1.94 bits per heavy atom. The number of carbonyl (C=O) groups is 1. The summed E-state index contributed by atoms with van der Waals surface area (Å²) in [7, 11) is 1.52. The first-order valence-corrected chi connectivity index (χ1v) is 11.1. The molecule has 3 aromatic rings. The van der Waals surface area contributed by atoms with Crippen molar-refractivity contribution in [3.63, 3.8) is 0 Å². The number of nitrogens with zero attached hydrogens (tertiary/aromatic N) is 2. The quantitative estimate of drug-likeness (QED) is 0.497. The Bertz CT molecular complexity index is 1360. The number of methoxy groups -OCH3 is 1. The summed E-state index contributed by atoms with van der Waals surface area (Å²) in [6, 6.07) is 12.7. The maximum atomic E-state index is 13.1. The molecule has 0 saturated carbocycles. The summed E-state index contributed by atoms with van der Waals surface area (Å²) in [5.41, 5.74) is 6.24. The highest BCUT2D eigenvalue weighted by Gasteiger charge is 2.22. The molecule has 0 fully saturated rings. The molecule has 0 unspecified atom stereocenters. The van der Waals surface area contributed by atoms with E-state index in [0.29, 0.717) is 36.0 Å². The van der Waals surface area contributed by atoms with Gasteiger partial charge in [0.05, 0.1) is 13.7 Å². The lowest BCUT2D eigenvalue weighted by Gasteiger charge is -2.22. The number of nitrogens with one attached hydrogen (secondary N) is 1. The Hall–Kier alpha value is -4.47. The van der Waals surface area contributed by atoms with Gasteiger partial charge >= 0.3 is 5.69 Å². The molecule has 0 bridgehead atoms. The number of anilines is 2. The number of amides is 1. The number of rotatable bonds is 7. The number of nitrogens with two attached hydrogens (primary N) is 1. The predicted octanol–water partition coefficient (Wildman–Crippen LogP) is 2.01. The second-order valence-electron chi connectivity index (χ2n) is 7.73. The van der Waals surface area contributed by atoms with Crippen molar-refractivity contribution in [2.45, 2.75) is 13.5 Å². The molecule has 0 aliphatic carbocycles. The van der Waals surface area contributed by atoms with Gasteiger partial charge < -0.3 is 24.8 Å². The third kappa shape index (κ3) is 4.91. The van der Waals surface area contributed by atoms with Crippen molar-refractivity contribution in [2.75, 3.05) is 37.5 Å². The Balaban J connectivity index is 1.65. The maximum Gasteiger partial charge on any atom is 0.330 e. The molecule has 1 aliphatic rings. The third-order valence-corrected chi connectivity index (χ3v) is 5.52. The number of benzene rings is 2. The topological polar surface area (TPSA) is 129 Å². The van der Waals surface area contributed by atoms with E-state index in [-0.39, 0.29) is 24.6 Å². The number of H-pyrrole nitrogens is 1. The van der Waals surface area contributed by atoms with Gasteiger partial charge in [0.25, 0.3) is 11.5 Å². The zero-order valence-electron chi connectivity index (χ0n) is 19.4. The van der Waals surface area contributed by atoms with Gasteiger partial charge in [0.2, 0.25) is 5.75 Å². The molecule has 4 rings (SSSR count). The van der Waals surface area contributed by atoms with Gasteiger partial charge in [0.15, 0.2) is 17.2 Å². The molecule has 35 heavy (non-hydrogen) atoms. The number of hydrogen-bond donors (Lipinski definition) is 2. The van der Waals surface area contributed by atoms with Gasteiger partial charge in [-0.05, 0) is 36.3 Å². The Morgan fingerprint density at radius 1 is 1.20 bits per heavy atom. The average molecular weight is 479 g/mol. The first-order chi connectivity index (χ1) is 16.9. The molecule has 0 atom stereocenters. The van der Waals surface area contributed by atoms with E-state index in [1.165, 1.54) is 22.7 Å². The molecule has 10 nitrogen and oxygen atoms in total. The number of nitrogen functional groups attached to an aromatic ring is 1. The van der Waals surface area contributed by atoms with Crippen LogP contribution in [0.25, 0.3) is 6.08 Å². The van der Waals surface area contributed by atoms with Crippen LogP contribution in [0.3, 0.4) is 0 Å². The maximum absolute atomic E-state index is 13.1. The van der Waals surface area contributed by atoms with Gasteiger partial charge in [-0.1, -0.05) is 30.3 Å². The molecule has 2 heterocycles. The lowest BCUT2D eigenvalue weighted by Crippen LogP contribution is -2.40. The minimum Gasteiger partial charge on any atom is -0.493 e. The van der Waals surface area contributed by atoms with Gasteiger partial charge in [0, 0.05) is 12.6 Å². The second kappa shape index (κ2) is 10.2. The lowest BCUT2D eigenvalue weighted by atomic mass is 10.1. The van der Waals surface area contributed by atoms with Crippen LogP contribution in [-0.2, 0) is 11.3 Å². The van der Waals surface area contributed by atoms with Gasteiger partial charge in [-0.2, -0.15) is 0 Å². The standard InChI is InChI=1S/C25H26N4O6/c1-3-28(20(30)10-9-17-13-18(33-2)22-19(14-17)34-11-12-35-22)21-23(26)29(25(32)27-24(21)31)15-16-7-5-4-6-8-16/h4-10,13-14H,3,11-12,15,26H2,1-2H3,(H,27,31,32). The zero-order chi connectivity index (χ0) is 24.9. The van der Waals surface area contributed by atoms with Crippen molar-refractivity contribution in [3.05, 3.63) is 80.5 Å². The van der Waals surface area contributed by atoms with Crippen molar-refractivity contribution in [1.29, 1.82) is 0 Å². The summed E-state index contributed by atoms with van der Waals surface area (Å²) in [6.07, 6.45) is 2.90. The fourth-order valence-corrected chi connectivity index (χ4v) is 3.83. The van der Waals surface area contributed by atoms with Crippen molar-refractivity contribution in [3.8, 4) is 17.2 Å². The van der Waals surface area contributed by atoms with E-state index in [1.54, 1.807) is 25.1 Å². The van der Waals surface area contributed by atoms with Gasteiger partial charge in [-0.15, -0.1) is 0 Å². The number of ether oxygens (including phenoxy) is 3. The van der Waals surface area contributed by atoms with Crippen molar-refractivity contribution < 1.29 is 19.0 Å². The molecule has 1 amide bonds. The lowest BCUT2D eigenvalue weighted by molar-refractivity contribution is -0.114. The second-order valence-corrected chi connectivity index (χ2v) is 7.73. The number of likely N-dealkylation sites (N-methyl/N-ethyl adjacent to an activating group) is 1.